The van der Waals surface area contributed by atoms with Gasteiger partial charge in [0.2, 0.25) is 5.95 Å². The number of rotatable bonds is 7. The van der Waals surface area contributed by atoms with E-state index in [9.17, 15) is 9.36 Å². The Hall–Kier alpha value is -0.960. The second kappa shape index (κ2) is 12.9. The van der Waals surface area contributed by atoms with Gasteiger partial charge >= 0.3 is 13.9 Å². The number of hydrogen-bond donors (Lipinski definition) is 5. The van der Waals surface area contributed by atoms with Gasteiger partial charge in [-0.3, -0.25) is 9.84 Å². The van der Waals surface area contributed by atoms with Crippen molar-refractivity contribution in [1.82, 2.24) is 25.3 Å². The summed E-state index contributed by atoms with van der Waals surface area (Å²) in [5.41, 5.74) is 0.117. The SMILES string of the molecule is CCNC(=O)Nc1nc2c([C@H]3CCCO3)c(F)c(-c3cnc(C(C)(C)OP(=O)(O)O)nc3)cc2[nH]1.[Na].[Na]. The van der Waals surface area contributed by atoms with Crippen molar-refractivity contribution in [3.8, 4) is 11.1 Å². The summed E-state index contributed by atoms with van der Waals surface area (Å²) < 4.78 is 37.7. The molecular formula is C21H26FN6Na2O6P. The largest absolute Gasteiger partial charge is 0.470 e. The normalized spacial score (nSPS) is 15.7. The molecule has 0 bridgehead atoms. The maximum Gasteiger partial charge on any atom is 0.470 e. The minimum Gasteiger partial charge on any atom is -0.373 e. The molecular weight excluding hydrogens is 528 g/mol. The zero-order valence-electron chi connectivity index (χ0n) is 21.3. The van der Waals surface area contributed by atoms with Crippen LogP contribution < -0.4 is 10.6 Å². The number of imidazole rings is 1. The summed E-state index contributed by atoms with van der Waals surface area (Å²) >= 11 is 0. The molecule has 2 radical (unpaired) electrons. The molecule has 12 nitrogen and oxygen atoms in total. The summed E-state index contributed by atoms with van der Waals surface area (Å²) in [5, 5.41) is 5.19. The third kappa shape index (κ3) is 7.58. The summed E-state index contributed by atoms with van der Waals surface area (Å²) in [6, 6.07) is 1.09. The number of amides is 2. The van der Waals surface area contributed by atoms with E-state index >= 15 is 4.39 Å². The van der Waals surface area contributed by atoms with E-state index in [-0.39, 0.29) is 82.0 Å². The van der Waals surface area contributed by atoms with Crippen LogP contribution in [-0.4, -0.2) is 108 Å². The Morgan fingerprint density at radius 1 is 1.32 bits per heavy atom. The number of H-pyrrole nitrogens is 1. The van der Waals surface area contributed by atoms with Crippen molar-refractivity contribution in [3.05, 3.63) is 35.7 Å². The summed E-state index contributed by atoms with van der Waals surface area (Å²) in [4.78, 5) is 45.9. The van der Waals surface area contributed by atoms with Crippen molar-refractivity contribution in [3.63, 3.8) is 0 Å². The number of hydrogen-bond acceptors (Lipinski definition) is 7. The number of fused-ring (bicyclic) bond motifs is 1. The minimum absolute atomic E-state index is 0. The van der Waals surface area contributed by atoms with Crippen molar-refractivity contribution < 1.29 is 32.8 Å². The monoisotopic (exact) mass is 554 g/mol. The molecule has 1 aliphatic rings. The van der Waals surface area contributed by atoms with Gasteiger partial charge in [0.15, 0.2) is 5.82 Å². The molecule has 4 rings (SSSR count). The van der Waals surface area contributed by atoms with Crippen molar-refractivity contribution in [2.45, 2.75) is 45.3 Å². The van der Waals surface area contributed by atoms with E-state index in [1.54, 1.807) is 6.92 Å². The first kappa shape index (κ1) is 32.3. The number of phosphoric acid groups is 1. The Morgan fingerprint density at radius 3 is 2.57 bits per heavy atom. The van der Waals surface area contributed by atoms with Gasteiger partial charge in [-0.25, -0.2) is 28.7 Å². The standard InChI is InChI=1S/C21H26FN6O6P.2Na/c1-4-23-20(29)28-19-26-13-8-12(16(22)15(17(13)27-19)14-6-5-7-33-14)11-9-24-18(25-10-11)21(2,3)34-35(30,31)32;;/h8-10,14H,4-7H2,1-3H3,(H2,30,31,32)(H3,23,26,27,28,29);;/t14-;;/m1../s1. The van der Waals surface area contributed by atoms with Crippen molar-refractivity contribution in [2.24, 2.45) is 0 Å². The molecule has 1 saturated heterocycles. The topological polar surface area (TPSA) is 172 Å². The van der Waals surface area contributed by atoms with Gasteiger partial charge in [0.25, 0.3) is 0 Å². The number of carbonyl (C=O) groups excluding carboxylic acids is 1. The van der Waals surface area contributed by atoms with E-state index in [1.165, 1.54) is 32.3 Å². The number of urea groups is 1. The molecule has 1 aromatic carbocycles. The predicted octanol–water partition coefficient (Wildman–Crippen LogP) is 2.73. The third-order valence-corrected chi connectivity index (χ3v) is 6.11. The molecule has 3 heterocycles. The van der Waals surface area contributed by atoms with E-state index in [2.05, 4.69) is 30.6 Å². The Kier molecular flexibility index (Phi) is 11.3. The molecule has 2 amide bonds. The van der Waals surface area contributed by atoms with Crippen LogP contribution in [0.25, 0.3) is 22.2 Å². The second-order valence-electron chi connectivity index (χ2n) is 8.51. The number of carbonyl (C=O) groups is 1. The molecule has 1 atom stereocenters. The van der Waals surface area contributed by atoms with E-state index in [1.807, 2.05) is 0 Å². The molecule has 37 heavy (non-hydrogen) atoms. The second-order valence-corrected chi connectivity index (χ2v) is 9.67. The van der Waals surface area contributed by atoms with Crippen molar-refractivity contribution in [2.75, 3.05) is 18.5 Å². The molecule has 5 N–H and O–H groups in total. The van der Waals surface area contributed by atoms with Crippen LogP contribution in [0.3, 0.4) is 0 Å². The minimum atomic E-state index is -4.79. The van der Waals surface area contributed by atoms with Crippen LogP contribution >= 0.6 is 7.82 Å². The van der Waals surface area contributed by atoms with Crippen molar-refractivity contribution >= 4 is 90.0 Å². The number of aromatic nitrogens is 4. The summed E-state index contributed by atoms with van der Waals surface area (Å²) in [6.45, 7) is 5.53. The number of benzene rings is 1. The van der Waals surface area contributed by atoms with Crippen LogP contribution in [0.15, 0.2) is 18.5 Å². The zero-order chi connectivity index (χ0) is 25.4. The predicted molar refractivity (Wildman–Crippen MR) is 135 cm³/mol. The van der Waals surface area contributed by atoms with Gasteiger partial charge < -0.3 is 24.8 Å². The van der Waals surface area contributed by atoms with Crippen LogP contribution in [0, 0.1) is 5.82 Å². The number of halogens is 1. The van der Waals surface area contributed by atoms with E-state index in [0.29, 0.717) is 36.2 Å². The van der Waals surface area contributed by atoms with Gasteiger partial charge in [0.05, 0.1) is 17.1 Å². The first-order valence-electron chi connectivity index (χ1n) is 11.0. The van der Waals surface area contributed by atoms with Gasteiger partial charge in [-0.1, -0.05) is 0 Å². The number of nitrogens with zero attached hydrogens (tertiary/aromatic N) is 3. The number of ether oxygens (including phenoxy) is 1. The van der Waals surface area contributed by atoms with Gasteiger partial charge in [-0.15, -0.1) is 0 Å². The molecule has 0 aliphatic carbocycles. The fraction of sp³-hybridized carbons (Fsp3) is 0.429. The summed E-state index contributed by atoms with van der Waals surface area (Å²) in [6.07, 6.45) is 3.58. The van der Waals surface area contributed by atoms with Crippen LogP contribution in [0.2, 0.25) is 0 Å². The van der Waals surface area contributed by atoms with Crippen LogP contribution in [0.5, 0.6) is 0 Å². The van der Waals surface area contributed by atoms with Gasteiger partial charge in [0, 0.05) is 101 Å². The van der Waals surface area contributed by atoms with Gasteiger partial charge in [-0.05, 0) is 39.7 Å². The van der Waals surface area contributed by atoms with E-state index < -0.39 is 31.4 Å². The Morgan fingerprint density at radius 2 is 2.00 bits per heavy atom. The molecule has 2 aromatic heterocycles. The zero-order valence-corrected chi connectivity index (χ0v) is 26.2. The van der Waals surface area contributed by atoms with Gasteiger partial charge in [0.1, 0.15) is 11.4 Å². The Labute approximate surface area is 256 Å². The molecule has 3 aromatic rings. The van der Waals surface area contributed by atoms with Crippen LogP contribution in [0.4, 0.5) is 15.1 Å². The number of aromatic amines is 1. The Bertz CT molecular complexity index is 1300. The average Bonchev–Trinajstić information content (AvgIpc) is 3.42. The average molecular weight is 554 g/mol. The molecule has 190 valence electrons. The molecule has 0 unspecified atom stereocenters. The third-order valence-electron chi connectivity index (χ3n) is 5.42. The maximum atomic E-state index is 15.9. The Balaban J connectivity index is 0.00000241. The summed E-state index contributed by atoms with van der Waals surface area (Å²) in [5.74, 6) is -0.382. The fourth-order valence-electron chi connectivity index (χ4n) is 3.95. The molecule has 16 heteroatoms. The van der Waals surface area contributed by atoms with E-state index in [0.717, 1.165) is 6.42 Å². The number of nitrogens with one attached hydrogen (secondary N) is 3. The number of phosphoric ester groups is 1. The van der Waals surface area contributed by atoms with E-state index in [4.69, 9.17) is 19.0 Å². The smallest absolute Gasteiger partial charge is 0.373 e. The molecule has 1 aliphatic heterocycles. The summed E-state index contributed by atoms with van der Waals surface area (Å²) in [7, 11) is -4.79. The fourth-order valence-corrected chi connectivity index (χ4v) is 4.63. The van der Waals surface area contributed by atoms with Gasteiger partial charge in [-0.2, -0.15) is 0 Å². The maximum absolute atomic E-state index is 15.9. The molecule has 1 fully saturated rings. The first-order valence-corrected chi connectivity index (χ1v) is 12.5. The first-order chi connectivity index (χ1) is 16.5. The molecule has 0 saturated carbocycles. The van der Waals surface area contributed by atoms with Crippen LogP contribution in [0.1, 0.15) is 51.1 Å². The molecule has 0 spiro atoms. The quantitative estimate of drug-likeness (QED) is 0.218. The number of anilines is 1. The van der Waals surface area contributed by atoms with Crippen LogP contribution in [-0.2, 0) is 19.4 Å². The van der Waals surface area contributed by atoms with Crippen molar-refractivity contribution in [1.29, 1.82) is 0 Å².